The Bertz CT molecular complexity index is 325. The molecule has 18 heavy (non-hydrogen) atoms. The average Bonchev–Trinajstić information content (AvgIpc) is 2.74. The third kappa shape index (κ3) is 4.88. The van der Waals surface area contributed by atoms with Gasteiger partial charge < -0.3 is 5.32 Å². The lowest BCUT2D eigenvalue weighted by Crippen LogP contribution is -2.27. The van der Waals surface area contributed by atoms with E-state index in [2.05, 4.69) is 12.2 Å². The van der Waals surface area contributed by atoms with Gasteiger partial charge in [0.1, 0.15) is 0 Å². The van der Waals surface area contributed by atoms with E-state index in [9.17, 15) is 8.42 Å². The largest absolute Gasteiger partial charge is 0.316 e. The number of hydrogen-bond donors (Lipinski definition) is 1. The molecule has 1 aliphatic rings. The lowest BCUT2D eigenvalue weighted by atomic mass is 9.93. The van der Waals surface area contributed by atoms with E-state index in [1.54, 1.807) is 13.8 Å². The molecule has 1 rings (SSSR count). The van der Waals surface area contributed by atoms with Crippen molar-refractivity contribution in [1.29, 1.82) is 0 Å². The number of hydrogen-bond acceptors (Lipinski definition) is 3. The van der Waals surface area contributed by atoms with Gasteiger partial charge in [0.25, 0.3) is 0 Å². The molecule has 0 aliphatic heterocycles. The van der Waals surface area contributed by atoms with Crippen LogP contribution < -0.4 is 5.32 Å². The van der Waals surface area contributed by atoms with Crippen LogP contribution >= 0.6 is 0 Å². The highest BCUT2D eigenvalue weighted by molar-refractivity contribution is 7.91. The van der Waals surface area contributed by atoms with Crippen molar-refractivity contribution in [1.82, 2.24) is 5.32 Å². The molecule has 2 unspecified atom stereocenters. The predicted molar refractivity (Wildman–Crippen MR) is 77.5 cm³/mol. The van der Waals surface area contributed by atoms with Gasteiger partial charge in [-0.25, -0.2) is 8.42 Å². The van der Waals surface area contributed by atoms with Gasteiger partial charge in [-0.15, -0.1) is 0 Å². The lowest BCUT2D eigenvalue weighted by Gasteiger charge is -2.20. The van der Waals surface area contributed by atoms with Crippen molar-refractivity contribution in [2.75, 3.05) is 18.8 Å². The van der Waals surface area contributed by atoms with E-state index in [1.165, 1.54) is 25.7 Å². The molecule has 1 aliphatic carbocycles. The van der Waals surface area contributed by atoms with Gasteiger partial charge in [0.15, 0.2) is 9.84 Å². The summed E-state index contributed by atoms with van der Waals surface area (Å²) in [5.74, 6) is 1.68. The number of rotatable bonds is 8. The molecule has 4 heteroatoms. The maximum atomic E-state index is 11.8. The Balaban J connectivity index is 2.36. The second kappa shape index (κ2) is 7.49. The molecule has 0 aromatic carbocycles. The third-order valence-electron chi connectivity index (χ3n) is 4.14. The second-order valence-electron chi connectivity index (χ2n) is 5.86. The van der Waals surface area contributed by atoms with E-state index >= 15 is 0 Å². The van der Waals surface area contributed by atoms with Crippen LogP contribution in [-0.4, -0.2) is 32.5 Å². The van der Waals surface area contributed by atoms with E-state index in [0.717, 1.165) is 19.5 Å². The van der Waals surface area contributed by atoms with Gasteiger partial charge in [0, 0.05) is 0 Å². The summed E-state index contributed by atoms with van der Waals surface area (Å²) in [5, 5.41) is 3.25. The van der Waals surface area contributed by atoms with Crippen LogP contribution in [0.5, 0.6) is 0 Å². The third-order valence-corrected chi connectivity index (χ3v) is 6.38. The minimum absolute atomic E-state index is 0.226. The Morgan fingerprint density at radius 3 is 2.50 bits per heavy atom. The Hall–Kier alpha value is -0.0900. The quantitative estimate of drug-likeness (QED) is 0.693. The van der Waals surface area contributed by atoms with Crippen LogP contribution in [0.1, 0.15) is 52.9 Å². The van der Waals surface area contributed by atoms with Crippen LogP contribution in [0.3, 0.4) is 0 Å². The van der Waals surface area contributed by atoms with Gasteiger partial charge in [-0.3, -0.25) is 0 Å². The normalized spacial score (nSPS) is 24.9. The van der Waals surface area contributed by atoms with Crippen molar-refractivity contribution >= 4 is 9.84 Å². The first-order valence-corrected chi connectivity index (χ1v) is 9.11. The van der Waals surface area contributed by atoms with Crippen LogP contribution in [0.15, 0.2) is 0 Å². The zero-order valence-electron chi connectivity index (χ0n) is 12.1. The molecule has 1 fully saturated rings. The van der Waals surface area contributed by atoms with E-state index in [1.807, 2.05) is 0 Å². The van der Waals surface area contributed by atoms with Crippen molar-refractivity contribution in [3.8, 4) is 0 Å². The fourth-order valence-electron chi connectivity index (χ4n) is 2.78. The summed E-state index contributed by atoms with van der Waals surface area (Å²) >= 11 is 0. The molecule has 0 radical (unpaired) electrons. The molecule has 108 valence electrons. The van der Waals surface area contributed by atoms with E-state index in [-0.39, 0.29) is 5.25 Å². The smallest absolute Gasteiger partial charge is 0.152 e. The average molecular weight is 275 g/mol. The molecule has 0 saturated heterocycles. The Kier molecular flexibility index (Phi) is 6.64. The summed E-state index contributed by atoms with van der Waals surface area (Å²) in [4.78, 5) is 0. The summed E-state index contributed by atoms with van der Waals surface area (Å²) in [6.45, 7) is 7.89. The van der Waals surface area contributed by atoms with Crippen LogP contribution in [0.2, 0.25) is 0 Å². The Morgan fingerprint density at radius 2 is 1.89 bits per heavy atom. The van der Waals surface area contributed by atoms with Crippen molar-refractivity contribution in [3.05, 3.63) is 0 Å². The monoisotopic (exact) mass is 275 g/mol. The first kappa shape index (κ1) is 16.0. The molecular weight excluding hydrogens is 246 g/mol. The SMILES string of the molecule is CCCNCC1CCCC1CCS(=O)(=O)C(C)C. The fourth-order valence-corrected chi connectivity index (χ4v) is 3.88. The molecule has 0 amide bonds. The van der Waals surface area contributed by atoms with Gasteiger partial charge in [-0.1, -0.05) is 19.8 Å². The highest BCUT2D eigenvalue weighted by Gasteiger charge is 2.28. The van der Waals surface area contributed by atoms with E-state index in [4.69, 9.17) is 0 Å². The highest BCUT2D eigenvalue weighted by Crippen LogP contribution is 2.34. The minimum atomic E-state index is -2.85. The molecule has 0 aromatic heterocycles. The zero-order chi connectivity index (χ0) is 13.6. The van der Waals surface area contributed by atoms with Gasteiger partial charge in [0.2, 0.25) is 0 Å². The fraction of sp³-hybridized carbons (Fsp3) is 1.00. The first-order chi connectivity index (χ1) is 8.47. The molecule has 3 nitrogen and oxygen atoms in total. The molecule has 0 bridgehead atoms. The van der Waals surface area contributed by atoms with Crippen LogP contribution in [0.4, 0.5) is 0 Å². The summed E-state index contributed by atoms with van der Waals surface area (Å²) in [6, 6.07) is 0. The summed E-state index contributed by atoms with van der Waals surface area (Å²) in [7, 11) is -2.85. The lowest BCUT2D eigenvalue weighted by molar-refractivity contribution is 0.358. The summed E-state index contributed by atoms with van der Waals surface area (Å²) in [6.07, 6.45) is 5.78. The van der Waals surface area contributed by atoms with E-state index in [0.29, 0.717) is 17.6 Å². The molecule has 0 heterocycles. The molecular formula is C14H29NO2S. The number of nitrogens with one attached hydrogen (secondary N) is 1. The Morgan fingerprint density at radius 1 is 1.22 bits per heavy atom. The van der Waals surface area contributed by atoms with Crippen LogP contribution in [-0.2, 0) is 9.84 Å². The summed E-state index contributed by atoms with van der Waals surface area (Å²) < 4.78 is 23.7. The minimum Gasteiger partial charge on any atom is -0.316 e. The molecule has 1 N–H and O–H groups in total. The van der Waals surface area contributed by atoms with Crippen molar-refractivity contribution in [3.63, 3.8) is 0 Å². The zero-order valence-corrected chi connectivity index (χ0v) is 12.9. The van der Waals surface area contributed by atoms with Crippen LogP contribution in [0.25, 0.3) is 0 Å². The van der Waals surface area contributed by atoms with Gasteiger partial charge in [0.05, 0.1) is 11.0 Å². The molecule has 0 aromatic rings. The van der Waals surface area contributed by atoms with Gasteiger partial charge in [-0.2, -0.15) is 0 Å². The molecule has 2 atom stereocenters. The highest BCUT2D eigenvalue weighted by atomic mass is 32.2. The molecule has 0 spiro atoms. The van der Waals surface area contributed by atoms with E-state index < -0.39 is 9.84 Å². The van der Waals surface area contributed by atoms with Crippen LogP contribution in [0, 0.1) is 11.8 Å². The molecule has 1 saturated carbocycles. The summed E-state index contributed by atoms with van der Waals surface area (Å²) in [5.41, 5.74) is 0. The maximum Gasteiger partial charge on any atom is 0.152 e. The van der Waals surface area contributed by atoms with Gasteiger partial charge in [-0.05, 0) is 58.0 Å². The van der Waals surface area contributed by atoms with Crippen molar-refractivity contribution in [2.24, 2.45) is 11.8 Å². The predicted octanol–water partition coefficient (Wildman–Crippen LogP) is 2.62. The van der Waals surface area contributed by atoms with Crippen molar-refractivity contribution in [2.45, 2.75) is 58.1 Å². The topological polar surface area (TPSA) is 46.2 Å². The van der Waals surface area contributed by atoms with Crippen molar-refractivity contribution < 1.29 is 8.42 Å². The second-order valence-corrected chi connectivity index (χ2v) is 8.54. The Labute approximate surface area is 113 Å². The number of sulfone groups is 1. The standard InChI is InChI=1S/C14H29NO2S/c1-4-9-15-11-14-7-5-6-13(14)8-10-18(16,17)12(2)3/h12-15H,4-11H2,1-3H3. The maximum absolute atomic E-state index is 11.8. The van der Waals surface area contributed by atoms with Gasteiger partial charge >= 0.3 is 0 Å². The first-order valence-electron chi connectivity index (χ1n) is 7.39.